The normalized spacial score (nSPS) is 20.4. The summed E-state index contributed by atoms with van der Waals surface area (Å²) in [7, 11) is 0. The zero-order valence-corrected chi connectivity index (χ0v) is 33.4. The highest BCUT2D eigenvalue weighted by atomic mass is 32.2. The summed E-state index contributed by atoms with van der Waals surface area (Å²) in [4.78, 5) is 34.4. The Kier molecular flexibility index (Phi) is 13.8. The number of likely N-dealkylation sites (tertiary alicyclic amines) is 3. The van der Waals surface area contributed by atoms with Gasteiger partial charge in [0.2, 0.25) is 5.91 Å². The molecule has 0 radical (unpaired) electrons. The van der Waals surface area contributed by atoms with Gasteiger partial charge in [0.1, 0.15) is 11.8 Å². The molecule has 2 aromatic rings. The van der Waals surface area contributed by atoms with Crippen LogP contribution in [0.1, 0.15) is 89.0 Å². The van der Waals surface area contributed by atoms with E-state index >= 15 is 0 Å². The minimum atomic E-state index is -4.54. The number of amides is 2. The molecule has 3 saturated heterocycles. The van der Waals surface area contributed by atoms with Crippen molar-refractivity contribution >= 4 is 23.8 Å². The van der Waals surface area contributed by atoms with Crippen LogP contribution in [0.4, 0.5) is 22.4 Å². The number of aliphatic hydroxyl groups excluding tert-OH is 1. The van der Waals surface area contributed by atoms with Crippen molar-refractivity contribution in [1.82, 2.24) is 29.4 Å². The first-order chi connectivity index (χ1) is 26.1. The molecule has 0 bridgehead atoms. The van der Waals surface area contributed by atoms with Gasteiger partial charge >= 0.3 is 12.3 Å². The number of carbonyl (C=O) groups is 2. The van der Waals surface area contributed by atoms with Gasteiger partial charge in [-0.3, -0.25) is 9.48 Å². The maximum absolute atomic E-state index is 14.3. The third-order valence-electron chi connectivity index (χ3n) is 11.3. The zero-order chi connectivity index (χ0) is 39.3. The third kappa shape index (κ3) is 11.4. The average Bonchev–Trinajstić information content (AvgIpc) is 3.49. The third-order valence-corrected chi connectivity index (χ3v) is 12.3. The van der Waals surface area contributed by atoms with Crippen LogP contribution < -0.4 is 0 Å². The second-order valence-electron chi connectivity index (χ2n) is 16.7. The number of fused-ring (bicyclic) bond motifs is 1. The Hall–Kier alpha value is -2.88. The smallest absolute Gasteiger partial charge is 0.417 e. The summed E-state index contributed by atoms with van der Waals surface area (Å²) in [6.45, 7) is 11.7. The predicted octanol–water partition coefficient (Wildman–Crippen LogP) is 6.86. The molecule has 2 amide bonds. The molecule has 1 aromatic carbocycles. The fourth-order valence-electron chi connectivity index (χ4n) is 8.24. The van der Waals surface area contributed by atoms with Gasteiger partial charge in [-0.05, 0) is 90.4 Å². The molecule has 4 aliphatic heterocycles. The van der Waals surface area contributed by atoms with Gasteiger partial charge in [-0.1, -0.05) is 12.5 Å². The summed E-state index contributed by atoms with van der Waals surface area (Å²) in [5.74, 6) is 0.556. The van der Waals surface area contributed by atoms with Gasteiger partial charge in [0.05, 0.1) is 23.9 Å². The number of benzene rings is 1. The number of aromatic nitrogens is 2. The van der Waals surface area contributed by atoms with E-state index in [9.17, 15) is 32.3 Å². The number of halogens is 4. The van der Waals surface area contributed by atoms with Crippen molar-refractivity contribution in [3.8, 4) is 11.3 Å². The predicted molar refractivity (Wildman–Crippen MR) is 205 cm³/mol. The second kappa shape index (κ2) is 18.1. The summed E-state index contributed by atoms with van der Waals surface area (Å²) >= 11 is 1.15. The van der Waals surface area contributed by atoms with Crippen LogP contribution >= 0.6 is 11.8 Å². The standard InChI is InChI=1S/C40H58F4N6O4S/c1-39(2,3)54-38(53)48-18-9-28(10-19-48)23-36(52)49-20-13-34-32(27-49)37(45-50(34)26-31(51)25-47-14-5-4-6-15-47)29-7-8-33(40(42,43)44)35(24-29)55-22-21-46-16-11-30(41)12-17-46/h7-8,24,28,30-31,51H,4-6,9-23,25-27H2,1-3H3. The fraction of sp³-hybridized carbons (Fsp3) is 0.725. The average molecular weight is 795 g/mol. The molecule has 0 spiro atoms. The molecule has 1 aromatic heterocycles. The second-order valence-corrected chi connectivity index (χ2v) is 17.9. The Labute approximate surface area is 326 Å². The number of thioether (sulfide) groups is 1. The van der Waals surface area contributed by atoms with E-state index < -0.39 is 29.6 Å². The molecule has 15 heteroatoms. The van der Waals surface area contributed by atoms with Crippen molar-refractivity contribution in [2.75, 3.05) is 64.7 Å². The van der Waals surface area contributed by atoms with E-state index in [-0.39, 0.29) is 35.9 Å². The summed E-state index contributed by atoms with van der Waals surface area (Å²) in [6.07, 6.45) is 0.162. The highest BCUT2D eigenvalue weighted by Crippen LogP contribution is 2.40. The molecule has 1 unspecified atom stereocenters. The maximum atomic E-state index is 14.3. The Bertz CT molecular complexity index is 1610. The molecular formula is C40H58F4N6O4S. The topological polar surface area (TPSA) is 94.4 Å². The van der Waals surface area contributed by atoms with Crippen LogP contribution in [-0.4, -0.2) is 129 Å². The van der Waals surface area contributed by atoms with E-state index in [0.717, 1.165) is 55.0 Å². The highest BCUT2D eigenvalue weighted by Gasteiger charge is 2.36. The molecular weight excluding hydrogens is 737 g/mol. The van der Waals surface area contributed by atoms with Crippen LogP contribution in [0.15, 0.2) is 23.1 Å². The fourth-order valence-corrected chi connectivity index (χ4v) is 9.36. The van der Waals surface area contributed by atoms with Crippen LogP contribution in [0.3, 0.4) is 0 Å². The van der Waals surface area contributed by atoms with Crippen molar-refractivity contribution in [3.05, 3.63) is 35.0 Å². The van der Waals surface area contributed by atoms with E-state index in [1.165, 1.54) is 12.5 Å². The van der Waals surface area contributed by atoms with Gasteiger partial charge in [0, 0.05) is 92.7 Å². The number of alkyl halides is 4. The maximum Gasteiger partial charge on any atom is 0.417 e. The number of carbonyl (C=O) groups excluding carboxylic acids is 2. The van der Waals surface area contributed by atoms with Crippen LogP contribution in [-0.2, 0) is 35.2 Å². The molecule has 6 rings (SSSR count). The van der Waals surface area contributed by atoms with Crippen molar-refractivity contribution < 1.29 is 37.0 Å². The lowest BCUT2D eigenvalue weighted by molar-refractivity contribution is -0.139. The molecule has 55 heavy (non-hydrogen) atoms. The van der Waals surface area contributed by atoms with Crippen LogP contribution in [0, 0.1) is 5.92 Å². The van der Waals surface area contributed by atoms with E-state index in [1.54, 1.807) is 11.0 Å². The molecule has 4 aliphatic rings. The van der Waals surface area contributed by atoms with Gasteiger partial charge in [-0.25, -0.2) is 9.18 Å². The molecule has 10 nitrogen and oxygen atoms in total. The minimum absolute atomic E-state index is 0.00524. The summed E-state index contributed by atoms with van der Waals surface area (Å²) in [5.41, 5.74) is 1.48. The van der Waals surface area contributed by atoms with Crippen LogP contribution in [0.25, 0.3) is 11.3 Å². The largest absolute Gasteiger partial charge is 0.444 e. The molecule has 306 valence electrons. The van der Waals surface area contributed by atoms with Crippen molar-refractivity contribution in [2.24, 2.45) is 5.92 Å². The summed E-state index contributed by atoms with van der Waals surface area (Å²) in [5, 5.41) is 16.2. The van der Waals surface area contributed by atoms with Crippen molar-refractivity contribution in [3.63, 3.8) is 0 Å². The number of rotatable bonds is 11. The van der Waals surface area contributed by atoms with E-state index in [0.29, 0.717) is 101 Å². The molecule has 5 heterocycles. The van der Waals surface area contributed by atoms with Gasteiger partial charge in [0.25, 0.3) is 0 Å². The SMILES string of the molecule is CC(C)(C)OC(=O)N1CCC(CC(=O)N2CCc3c(c(-c4ccc(C(F)(F)F)c(SCCN5CCC(F)CC5)c4)nn3CC(O)CN3CCCCC3)C2)CC1. The lowest BCUT2D eigenvalue weighted by Gasteiger charge is -2.34. The van der Waals surface area contributed by atoms with Gasteiger partial charge in [0.15, 0.2) is 0 Å². The number of nitrogens with zero attached hydrogens (tertiary/aromatic N) is 6. The number of piperidine rings is 3. The molecule has 1 atom stereocenters. The Morgan fingerprint density at radius 2 is 1.64 bits per heavy atom. The van der Waals surface area contributed by atoms with Crippen LogP contribution in [0.5, 0.6) is 0 Å². The zero-order valence-electron chi connectivity index (χ0n) is 32.6. The Morgan fingerprint density at radius 1 is 0.927 bits per heavy atom. The number of β-amino-alcohol motifs (C(OH)–C–C–N with tert-alkyl or cyclic N) is 1. The van der Waals surface area contributed by atoms with Crippen molar-refractivity contribution in [1.29, 1.82) is 0 Å². The van der Waals surface area contributed by atoms with Gasteiger partial charge in [-0.15, -0.1) is 11.8 Å². The molecule has 0 saturated carbocycles. The number of aliphatic hydroxyl groups is 1. The number of hydrogen-bond acceptors (Lipinski definition) is 8. The van der Waals surface area contributed by atoms with Crippen LogP contribution in [0.2, 0.25) is 0 Å². The lowest BCUT2D eigenvalue weighted by Crippen LogP contribution is -2.43. The van der Waals surface area contributed by atoms with Gasteiger partial charge < -0.3 is 29.4 Å². The Morgan fingerprint density at radius 3 is 2.31 bits per heavy atom. The summed E-state index contributed by atoms with van der Waals surface area (Å²) < 4.78 is 63.9. The Balaban J connectivity index is 1.20. The summed E-state index contributed by atoms with van der Waals surface area (Å²) in [6, 6.07) is 4.16. The highest BCUT2D eigenvalue weighted by molar-refractivity contribution is 7.99. The molecule has 3 fully saturated rings. The lowest BCUT2D eigenvalue weighted by atomic mass is 9.92. The molecule has 0 aliphatic carbocycles. The van der Waals surface area contributed by atoms with Gasteiger partial charge in [-0.2, -0.15) is 18.3 Å². The van der Waals surface area contributed by atoms with Crippen molar-refractivity contribution in [2.45, 2.75) is 121 Å². The van der Waals surface area contributed by atoms with E-state index in [2.05, 4.69) is 9.80 Å². The first kappa shape index (κ1) is 41.7. The first-order valence-corrected chi connectivity index (χ1v) is 21.1. The number of hydrogen-bond donors (Lipinski definition) is 1. The van der Waals surface area contributed by atoms with E-state index in [4.69, 9.17) is 9.84 Å². The first-order valence-electron chi connectivity index (χ1n) is 20.1. The quantitative estimate of drug-likeness (QED) is 0.195. The number of ether oxygens (including phenoxy) is 1. The molecule has 1 N–H and O–H groups in total. The monoisotopic (exact) mass is 794 g/mol. The minimum Gasteiger partial charge on any atom is -0.444 e. The van der Waals surface area contributed by atoms with E-state index in [1.807, 2.05) is 30.4 Å².